The summed E-state index contributed by atoms with van der Waals surface area (Å²) in [6.07, 6.45) is 0. The summed E-state index contributed by atoms with van der Waals surface area (Å²) in [6.45, 7) is 15.0. The van der Waals surface area contributed by atoms with Gasteiger partial charge in [-0.2, -0.15) is 0 Å². The molecule has 0 unspecified atom stereocenters. The van der Waals surface area contributed by atoms with Crippen LogP contribution in [-0.4, -0.2) is 135 Å². The topological polar surface area (TPSA) is 487 Å². The quantitative estimate of drug-likeness (QED) is 0.0748. The van der Waals surface area contributed by atoms with E-state index in [-0.39, 0.29) is 127 Å². The van der Waals surface area contributed by atoms with Crippen LogP contribution in [0.2, 0.25) is 0 Å². The predicted octanol–water partition coefficient (Wildman–Crippen LogP) is 0.609. The summed E-state index contributed by atoms with van der Waals surface area (Å²) in [5.41, 5.74) is 6.95. The van der Waals surface area contributed by atoms with E-state index in [0.29, 0.717) is 49.2 Å². The summed E-state index contributed by atoms with van der Waals surface area (Å²) in [6, 6.07) is 14.7. The van der Waals surface area contributed by atoms with Crippen LogP contribution in [0.1, 0.15) is 58.4 Å². The Balaban J connectivity index is -0.000000160. The second kappa shape index (κ2) is 52.8. The van der Waals surface area contributed by atoms with E-state index >= 15 is 0 Å². The van der Waals surface area contributed by atoms with Gasteiger partial charge in [-0.05, 0) is 139 Å². The van der Waals surface area contributed by atoms with Crippen LogP contribution in [0.4, 0.5) is 0 Å². The Morgan fingerprint density at radius 3 is 0.607 bits per heavy atom. The standard InChI is InChI=1S/2C22H32N2O4.2C2H4O2.4NO3.2Y.2Zn/c2*1-15-9-17(21(25)19(11-15)27-5)13-23(3)7-8-24(4)14-18-10-16(2)12-20(28-6)22(18)26;2*1-2(3)4;4*2-1(3)4;;;;/h2*9-12,25-26H,7-8,13-14H2,1-6H3;2*1H3,(H,3,4);;;;;;;;/q;;;;4*-1;2*+3;2*+2/p-6. The summed E-state index contributed by atoms with van der Waals surface area (Å²) >= 11 is 0. The summed E-state index contributed by atoms with van der Waals surface area (Å²) < 4.78 is 20.7. The molecule has 0 radical (unpaired) electrons. The maximum Gasteiger partial charge on any atom is 3.00 e. The number of carbonyl (C=O) groups excluding carboxylic acids is 2. The second-order valence-corrected chi connectivity index (χ2v) is 16.7. The van der Waals surface area contributed by atoms with Crippen LogP contribution < -0.4 is 49.6 Å². The zero-order chi connectivity index (χ0) is 63.2. The molecular weight excluding hydrogens is 1380 g/mol. The second-order valence-electron chi connectivity index (χ2n) is 16.7. The summed E-state index contributed by atoms with van der Waals surface area (Å²) in [4.78, 5) is 59.2. The number of aryl methyl sites for hydroxylation is 4. The molecule has 4 aromatic carbocycles. The molecular formula is C48H66N8O24Y2Zn2. The van der Waals surface area contributed by atoms with Crippen molar-refractivity contribution in [2.75, 3.05) is 82.8 Å². The third kappa shape index (κ3) is 50.8. The molecule has 0 N–H and O–H groups in total. The number of ether oxygens (including phenoxy) is 4. The molecule has 84 heavy (non-hydrogen) atoms. The number of carboxylic acid groups (broad SMARTS) is 2. The number of methoxy groups -OCH3 is 4. The number of nitrogens with zero attached hydrogens (tertiary/aromatic N) is 8. The Morgan fingerprint density at radius 2 is 0.500 bits per heavy atom. The van der Waals surface area contributed by atoms with Crippen LogP contribution in [0.15, 0.2) is 48.5 Å². The molecule has 0 aliphatic carbocycles. The fraction of sp³-hybridized carbons (Fsp3) is 0.458. The van der Waals surface area contributed by atoms with Gasteiger partial charge in [0.15, 0.2) is 0 Å². The fourth-order valence-corrected chi connectivity index (χ4v) is 6.49. The number of rotatable bonds is 18. The van der Waals surface area contributed by atoms with E-state index in [4.69, 9.17) is 100 Å². The van der Waals surface area contributed by atoms with Crippen molar-refractivity contribution in [3.63, 3.8) is 0 Å². The largest absolute Gasteiger partial charge is 3.00 e. The van der Waals surface area contributed by atoms with Crippen molar-refractivity contribution in [2.45, 2.75) is 67.7 Å². The van der Waals surface area contributed by atoms with Gasteiger partial charge in [0.2, 0.25) is 0 Å². The first-order chi connectivity index (χ1) is 36.9. The Bertz CT molecular complexity index is 2180. The van der Waals surface area contributed by atoms with Crippen molar-refractivity contribution < 1.29 is 184 Å². The van der Waals surface area contributed by atoms with E-state index in [2.05, 4.69) is 19.6 Å². The molecule has 0 aliphatic rings. The molecule has 0 saturated carbocycles. The maximum absolute atomic E-state index is 12.4. The van der Waals surface area contributed by atoms with Crippen molar-refractivity contribution in [3.8, 4) is 46.0 Å². The van der Waals surface area contributed by atoms with Crippen LogP contribution in [0.3, 0.4) is 0 Å². The van der Waals surface area contributed by atoms with E-state index in [1.54, 1.807) is 24.3 Å². The van der Waals surface area contributed by atoms with Gasteiger partial charge in [0.05, 0.1) is 48.8 Å². The first-order valence-electron chi connectivity index (χ1n) is 22.6. The third-order valence-electron chi connectivity index (χ3n) is 9.47. The number of benzene rings is 4. The smallest absolute Gasteiger partial charge is 0.870 e. The molecule has 0 bridgehead atoms. The Morgan fingerprint density at radius 1 is 0.381 bits per heavy atom. The zero-order valence-corrected chi connectivity index (χ0v) is 60.8. The molecule has 0 fully saturated rings. The van der Waals surface area contributed by atoms with Crippen LogP contribution in [0.5, 0.6) is 46.0 Å². The van der Waals surface area contributed by atoms with Crippen LogP contribution in [0.25, 0.3) is 0 Å². The Hall–Kier alpha value is -5.69. The summed E-state index contributed by atoms with van der Waals surface area (Å²) in [7, 11) is 14.0. The molecule has 0 aliphatic heterocycles. The number of likely N-dealkylation sites (N-methyl/N-ethyl adjacent to an activating group) is 4. The number of aliphatic carboxylic acids is 2. The van der Waals surface area contributed by atoms with E-state index < -0.39 is 32.3 Å². The zero-order valence-electron chi connectivity index (χ0n) is 49.2. The van der Waals surface area contributed by atoms with Gasteiger partial charge in [-0.15, -0.1) is 0 Å². The Labute approximate surface area is 561 Å². The first-order valence-corrected chi connectivity index (χ1v) is 22.6. The third-order valence-corrected chi connectivity index (χ3v) is 9.47. The van der Waals surface area contributed by atoms with Crippen molar-refractivity contribution >= 4 is 11.9 Å². The van der Waals surface area contributed by atoms with Gasteiger partial charge in [-0.25, -0.2) is 0 Å². The fourth-order valence-electron chi connectivity index (χ4n) is 6.49. The first kappa shape index (κ1) is 94.7. The average molecular weight is 1450 g/mol. The normalized spacial score (nSPS) is 9.26. The summed E-state index contributed by atoms with van der Waals surface area (Å²) in [5.74, 6) is -0.859. The van der Waals surface area contributed by atoms with Gasteiger partial charge in [-0.3, -0.25) is 0 Å². The van der Waals surface area contributed by atoms with E-state index in [0.717, 1.165) is 84.5 Å². The molecule has 32 nitrogen and oxygen atoms in total. The van der Waals surface area contributed by atoms with Gasteiger partial charge < -0.3 is 140 Å². The molecule has 4 rings (SSSR count). The van der Waals surface area contributed by atoms with Crippen LogP contribution in [0, 0.1) is 89.0 Å². The molecule has 452 valence electrons. The minimum absolute atomic E-state index is 0. The Kier molecular flexibility index (Phi) is 59.6. The molecule has 0 heterocycles. The molecule has 0 saturated heterocycles. The molecule has 36 heteroatoms. The van der Waals surface area contributed by atoms with E-state index in [1.165, 1.54) is 28.4 Å². The van der Waals surface area contributed by atoms with Crippen molar-refractivity contribution in [1.82, 2.24) is 19.6 Å². The minimum atomic E-state index is -1.75. The predicted molar refractivity (Wildman–Crippen MR) is 277 cm³/mol. The number of hydrogen-bond acceptors (Lipinski definition) is 28. The maximum atomic E-state index is 12.4. The number of hydrogen-bond donors (Lipinski definition) is 0. The molecule has 0 spiro atoms. The molecule has 0 amide bonds. The SMILES string of the molecule is CC(=O)[O-].CC(=O)[O-].COc1cc(C)cc(CN(C)CCN(C)Cc2cc(C)cc(OC)c2[O-])c1[O-].COc1cc(C)cc(CN(C)CCN(C)Cc2cc(C)cc(OC)c2[O-])c1[O-].O=[N+]([O-])[O-].O=[N+]([O-])[O-].O=[N+]([O-])[O-].O=[N+]([O-])[O-].[Y+3].[Y+3].[Zn+2].[Zn+2]. The minimum Gasteiger partial charge on any atom is -0.870 e. The number of carbonyl (C=O) groups is 2. The molecule has 0 aromatic heterocycles. The van der Waals surface area contributed by atoms with Gasteiger partial charge in [-0.1, -0.05) is 47.3 Å². The van der Waals surface area contributed by atoms with E-state index in [9.17, 15) is 20.4 Å². The summed E-state index contributed by atoms with van der Waals surface area (Å²) in [5, 5.41) is 126. The van der Waals surface area contributed by atoms with Gasteiger partial charge in [0.1, 0.15) is 23.0 Å². The van der Waals surface area contributed by atoms with Crippen LogP contribution >= 0.6 is 0 Å². The van der Waals surface area contributed by atoms with Crippen LogP contribution in [-0.2, 0) is 140 Å². The van der Waals surface area contributed by atoms with Crippen molar-refractivity contribution in [3.05, 3.63) is 154 Å². The van der Waals surface area contributed by atoms with Gasteiger partial charge in [0, 0.05) is 64.3 Å². The monoisotopic (exact) mass is 1440 g/mol. The van der Waals surface area contributed by atoms with E-state index in [1.807, 2.05) is 80.2 Å². The molecule has 0 atom stereocenters. The van der Waals surface area contributed by atoms with Gasteiger partial charge in [0.25, 0.3) is 0 Å². The van der Waals surface area contributed by atoms with Crippen molar-refractivity contribution in [1.29, 1.82) is 0 Å². The molecule has 4 aromatic rings. The average Bonchev–Trinajstić information content (AvgIpc) is 3.31. The van der Waals surface area contributed by atoms with Crippen molar-refractivity contribution in [2.24, 2.45) is 0 Å². The number of carboxylic acids is 2. The van der Waals surface area contributed by atoms with Gasteiger partial charge >= 0.3 is 104 Å².